The predicted octanol–water partition coefficient (Wildman–Crippen LogP) is 5.96. The fourth-order valence-corrected chi connectivity index (χ4v) is 6.30. The number of carbonyl (C=O) groups is 2. The van der Waals surface area contributed by atoms with Gasteiger partial charge in [-0.15, -0.1) is 0 Å². The van der Waals surface area contributed by atoms with Gasteiger partial charge in [-0.25, -0.2) is 12.8 Å². The van der Waals surface area contributed by atoms with E-state index in [1.807, 2.05) is 0 Å². The van der Waals surface area contributed by atoms with Gasteiger partial charge in [0.1, 0.15) is 18.4 Å². The van der Waals surface area contributed by atoms with Crippen molar-refractivity contribution in [1.29, 1.82) is 0 Å². The van der Waals surface area contributed by atoms with E-state index >= 15 is 0 Å². The maximum atomic E-state index is 14.9. The van der Waals surface area contributed by atoms with E-state index in [2.05, 4.69) is 5.32 Å². The first kappa shape index (κ1) is 33.3. The Morgan fingerprint density at radius 3 is 2.25 bits per heavy atom. The Morgan fingerprint density at radius 1 is 1.00 bits per heavy atom. The van der Waals surface area contributed by atoms with Crippen LogP contribution in [0.4, 0.5) is 23.2 Å². The highest BCUT2D eigenvalue weighted by atomic mass is 35.5. The number of hydrogen-bond acceptors (Lipinski definition) is 4. The molecule has 2 amide bonds. The van der Waals surface area contributed by atoms with Crippen LogP contribution in [0.1, 0.15) is 42.4 Å². The van der Waals surface area contributed by atoms with Gasteiger partial charge in [0, 0.05) is 24.6 Å². The largest absolute Gasteiger partial charge is 0.417 e. The molecule has 3 aromatic carbocycles. The average molecular weight is 654 g/mol. The van der Waals surface area contributed by atoms with Crippen molar-refractivity contribution in [3.05, 3.63) is 100 Å². The van der Waals surface area contributed by atoms with E-state index < -0.39 is 69.2 Å². The molecule has 0 aliphatic heterocycles. The molecule has 236 valence electrons. The number of nitrogens with one attached hydrogen (secondary N) is 1. The number of anilines is 1. The summed E-state index contributed by atoms with van der Waals surface area (Å²) in [6, 6.07) is 15.7. The Kier molecular flexibility index (Phi) is 10.6. The first-order chi connectivity index (χ1) is 20.7. The summed E-state index contributed by atoms with van der Waals surface area (Å²) in [5.41, 5.74) is -0.959. The standard InChI is InChI=1S/C31H32ClF4N3O4S/c1-44(42,43)39(24-15-16-26(32)25(18-24)31(34,35)36)20-29(40)38(19-22-11-5-8-14-27(22)33)28(17-21-9-3-2-4-10-21)30(41)37-23-12-6-7-13-23/h2-5,8-11,14-16,18,23,28H,6-7,12-13,17,19-20H2,1H3,(H,37,41)/t28-/m1/s1. The molecule has 1 N–H and O–H groups in total. The normalized spacial score (nSPS) is 14.7. The summed E-state index contributed by atoms with van der Waals surface area (Å²) in [6.07, 6.45) is -0.755. The number of benzene rings is 3. The zero-order chi connectivity index (χ0) is 32.1. The summed E-state index contributed by atoms with van der Waals surface area (Å²) in [7, 11) is -4.33. The first-order valence-corrected chi connectivity index (χ1v) is 16.2. The monoisotopic (exact) mass is 653 g/mol. The van der Waals surface area contributed by atoms with Crippen LogP contribution in [0.2, 0.25) is 5.02 Å². The lowest BCUT2D eigenvalue weighted by Gasteiger charge is -2.34. The maximum Gasteiger partial charge on any atom is 0.417 e. The minimum atomic E-state index is -4.89. The van der Waals surface area contributed by atoms with Crippen LogP contribution in [-0.2, 0) is 38.8 Å². The third kappa shape index (κ3) is 8.50. The van der Waals surface area contributed by atoms with E-state index in [0.717, 1.165) is 49.0 Å². The summed E-state index contributed by atoms with van der Waals surface area (Å²) in [5.74, 6) is -2.06. The molecule has 4 rings (SSSR count). The van der Waals surface area contributed by atoms with E-state index in [9.17, 15) is 35.6 Å². The minimum Gasteiger partial charge on any atom is -0.352 e. The Bertz CT molecular complexity index is 1580. The van der Waals surface area contributed by atoms with E-state index in [4.69, 9.17) is 11.6 Å². The van der Waals surface area contributed by atoms with Gasteiger partial charge in [0.2, 0.25) is 21.8 Å². The second kappa shape index (κ2) is 14.0. The van der Waals surface area contributed by atoms with Crippen LogP contribution in [0.3, 0.4) is 0 Å². The Hall–Kier alpha value is -3.64. The number of alkyl halides is 3. The highest BCUT2D eigenvalue weighted by molar-refractivity contribution is 7.92. The molecule has 0 bridgehead atoms. The lowest BCUT2D eigenvalue weighted by molar-refractivity contribution is -0.140. The molecular weight excluding hydrogens is 622 g/mol. The number of sulfonamides is 1. The number of amides is 2. The minimum absolute atomic E-state index is 0.0254. The number of rotatable bonds is 11. The fraction of sp³-hybridized carbons (Fsp3) is 0.355. The van der Waals surface area contributed by atoms with E-state index in [1.54, 1.807) is 36.4 Å². The van der Waals surface area contributed by atoms with Crippen molar-refractivity contribution in [2.75, 3.05) is 17.1 Å². The average Bonchev–Trinajstić information content (AvgIpc) is 3.47. The van der Waals surface area contributed by atoms with Crippen LogP contribution < -0.4 is 9.62 Å². The van der Waals surface area contributed by atoms with E-state index in [1.165, 1.54) is 18.2 Å². The number of hydrogen-bond donors (Lipinski definition) is 1. The zero-order valence-electron chi connectivity index (χ0n) is 23.9. The van der Waals surface area contributed by atoms with Crippen molar-refractivity contribution in [2.45, 2.75) is 56.9 Å². The second-order valence-electron chi connectivity index (χ2n) is 10.7. The van der Waals surface area contributed by atoms with Gasteiger partial charge in [0.05, 0.1) is 22.5 Å². The van der Waals surface area contributed by atoms with Gasteiger partial charge in [-0.3, -0.25) is 13.9 Å². The van der Waals surface area contributed by atoms with E-state index in [-0.39, 0.29) is 18.0 Å². The topological polar surface area (TPSA) is 86.8 Å². The molecule has 0 spiro atoms. The number of carbonyl (C=O) groups excluding carboxylic acids is 2. The third-order valence-electron chi connectivity index (χ3n) is 7.49. The Labute approximate surface area is 258 Å². The molecule has 1 aliphatic rings. The molecule has 0 saturated heterocycles. The third-order valence-corrected chi connectivity index (χ3v) is 8.96. The van der Waals surface area contributed by atoms with Crippen molar-refractivity contribution >= 4 is 39.1 Å². The van der Waals surface area contributed by atoms with Crippen LogP contribution >= 0.6 is 11.6 Å². The zero-order valence-corrected chi connectivity index (χ0v) is 25.4. The second-order valence-corrected chi connectivity index (χ2v) is 13.1. The molecule has 0 radical (unpaired) electrons. The van der Waals surface area contributed by atoms with Gasteiger partial charge in [-0.1, -0.05) is 73.0 Å². The fourth-order valence-electron chi connectivity index (χ4n) is 5.23. The highest BCUT2D eigenvalue weighted by Crippen LogP contribution is 2.37. The van der Waals surface area contributed by atoms with Crippen molar-refractivity contribution in [3.8, 4) is 0 Å². The molecule has 7 nitrogen and oxygen atoms in total. The summed E-state index contributed by atoms with van der Waals surface area (Å²) in [4.78, 5) is 29.0. The van der Waals surface area contributed by atoms with Crippen LogP contribution in [0, 0.1) is 5.82 Å². The van der Waals surface area contributed by atoms with Crippen molar-refractivity contribution < 1.29 is 35.6 Å². The first-order valence-electron chi connectivity index (χ1n) is 14.0. The van der Waals surface area contributed by atoms with Gasteiger partial charge in [-0.2, -0.15) is 13.2 Å². The molecule has 0 aromatic heterocycles. The molecule has 44 heavy (non-hydrogen) atoms. The molecule has 1 aliphatic carbocycles. The smallest absolute Gasteiger partial charge is 0.352 e. The summed E-state index contributed by atoms with van der Waals surface area (Å²) < 4.78 is 82.0. The molecule has 0 unspecified atom stereocenters. The number of nitrogens with zero attached hydrogens (tertiary/aromatic N) is 2. The molecule has 1 fully saturated rings. The van der Waals surface area contributed by atoms with Crippen molar-refractivity contribution in [2.24, 2.45) is 0 Å². The molecular formula is C31H32ClF4N3O4S. The van der Waals surface area contributed by atoms with Crippen LogP contribution in [0.5, 0.6) is 0 Å². The van der Waals surface area contributed by atoms with Crippen LogP contribution in [0.15, 0.2) is 72.8 Å². The van der Waals surface area contributed by atoms with Gasteiger partial charge < -0.3 is 10.2 Å². The summed E-state index contributed by atoms with van der Waals surface area (Å²) >= 11 is 5.74. The summed E-state index contributed by atoms with van der Waals surface area (Å²) in [6.45, 7) is -1.35. The SMILES string of the molecule is CS(=O)(=O)N(CC(=O)N(Cc1ccccc1F)[C@H](Cc1ccccc1)C(=O)NC1CCCC1)c1ccc(Cl)c(C(F)(F)F)c1. The molecule has 0 heterocycles. The van der Waals surface area contributed by atoms with Gasteiger partial charge in [-0.05, 0) is 42.7 Å². The van der Waals surface area contributed by atoms with Crippen molar-refractivity contribution in [1.82, 2.24) is 10.2 Å². The number of halogens is 5. The maximum absolute atomic E-state index is 14.9. The van der Waals surface area contributed by atoms with Gasteiger partial charge in [0.15, 0.2) is 0 Å². The van der Waals surface area contributed by atoms with Gasteiger partial charge in [0.25, 0.3) is 0 Å². The van der Waals surface area contributed by atoms with E-state index in [0.29, 0.717) is 15.9 Å². The lowest BCUT2D eigenvalue weighted by Crippen LogP contribution is -2.54. The van der Waals surface area contributed by atoms with Gasteiger partial charge >= 0.3 is 6.18 Å². The van der Waals surface area contributed by atoms with Crippen molar-refractivity contribution in [3.63, 3.8) is 0 Å². The van der Waals surface area contributed by atoms with Crippen LogP contribution in [-0.4, -0.2) is 50.0 Å². The van der Waals surface area contributed by atoms with Crippen LogP contribution in [0.25, 0.3) is 0 Å². The molecule has 3 aromatic rings. The lowest BCUT2D eigenvalue weighted by atomic mass is 10.0. The Morgan fingerprint density at radius 2 is 1.64 bits per heavy atom. The highest BCUT2D eigenvalue weighted by Gasteiger charge is 2.37. The Balaban J connectivity index is 1.76. The molecule has 1 atom stereocenters. The molecule has 1 saturated carbocycles. The quantitative estimate of drug-likeness (QED) is 0.259. The molecule has 13 heteroatoms. The summed E-state index contributed by atoms with van der Waals surface area (Å²) in [5, 5.41) is 2.34. The predicted molar refractivity (Wildman–Crippen MR) is 160 cm³/mol.